The van der Waals surface area contributed by atoms with Gasteiger partial charge in [0.2, 0.25) is 6.33 Å². The highest BCUT2D eigenvalue weighted by Crippen LogP contribution is 2.15. The second-order valence-electron chi connectivity index (χ2n) is 4.88. The molecule has 1 aromatic heterocycles. The van der Waals surface area contributed by atoms with Gasteiger partial charge in [-0.25, -0.2) is 9.13 Å². The van der Waals surface area contributed by atoms with E-state index >= 15 is 0 Å². The van der Waals surface area contributed by atoms with Crippen molar-refractivity contribution in [1.82, 2.24) is 4.57 Å². The van der Waals surface area contributed by atoms with Gasteiger partial charge >= 0.3 is 0 Å². The average molecular weight is 357 g/mol. The van der Waals surface area contributed by atoms with E-state index in [4.69, 9.17) is 0 Å². The van der Waals surface area contributed by atoms with Gasteiger partial charge in [-0.15, -0.1) is 0 Å². The molecular weight excluding hydrogens is 342 g/mol. The van der Waals surface area contributed by atoms with E-state index in [9.17, 15) is 4.79 Å². The van der Waals surface area contributed by atoms with Crippen molar-refractivity contribution < 1.29 is 9.36 Å². The number of carbonyl (C=O) groups excluding carboxylic acids is 1. The molecular formula is C17H15BrN3O+. The predicted octanol–water partition coefficient (Wildman–Crippen LogP) is 3.43. The molecule has 0 fully saturated rings. The topological polar surface area (TPSA) is 37.9 Å². The van der Waals surface area contributed by atoms with Crippen molar-refractivity contribution in [2.24, 2.45) is 0 Å². The molecule has 1 amide bonds. The molecule has 0 bridgehead atoms. The molecule has 22 heavy (non-hydrogen) atoms. The van der Waals surface area contributed by atoms with E-state index in [1.807, 2.05) is 64.0 Å². The fourth-order valence-electron chi connectivity index (χ4n) is 2.39. The molecule has 0 aliphatic heterocycles. The van der Waals surface area contributed by atoms with Crippen molar-refractivity contribution in [3.05, 3.63) is 65.9 Å². The number of carbonyl (C=O) groups is 1. The molecule has 0 atom stereocenters. The predicted molar refractivity (Wildman–Crippen MR) is 91.3 cm³/mol. The van der Waals surface area contributed by atoms with Crippen LogP contribution in [0, 0.1) is 0 Å². The molecule has 1 heterocycles. The number of aromatic nitrogens is 2. The number of fused-ring (bicyclic) bond motifs is 1. The Morgan fingerprint density at radius 3 is 2.86 bits per heavy atom. The summed E-state index contributed by atoms with van der Waals surface area (Å²) in [6.45, 7) is 4.04. The van der Waals surface area contributed by atoms with Crippen LogP contribution in [-0.2, 0) is 11.3 Å². The Labute approximate surface area is 136 Å². The number of imidazole rings is 1. The Balaban J connectivity index is 1.84. The van der Waals surface area contributed by atoms with Crippen LogP contribution in [0.2, 0.25) is 0 Å². The van der Waals surface area contributed by atoms with E-state index in [1.54, 1.807) is 6.20 Å². The maximum atomic E-state index is 12.3. The Morgan fingerprint density at radius 1 is 1.27 bits per heavy atom. The first-order valence-electron chi connectivity index (χ1n) is 6.84. The van der Waals surface area contributed by atoms with E-state index in [0.29, 0.717) is 0 Å². The van der Waals surface area contributed by atoms with Gasteiger partial charge in [-0.2, -0.15) is 0 Å². The molecule has 4 nitrogen and oxygen atoms in total. The Kier molecular flexibility index (Phi) is 4.06. The average Bonchev–Trinajstić information content (AvgIpc) is 2.85. The Bertz CT molecular complexity index is 854. The molecule has 0 unspecified atom stereocenters. The van der Waals surface area contributed by atoms with Gasteiger partial charge < -0.3 is 5.32 Å². The minimum Gasteiger partial charge on any atom is -0.323 e. The molecule has 0 saturated carbocycles. The van der Waals surface area contributed by atoms with Crippen LogP contribution in [0.4, 0.5) is 5.69 Å². The first-order chi connectivity index (χ1) is 10.7. The summed E-state index contributed by atoms with van der Waals surface area (Å²) in [6, 6.07) is 15.4. The standard InChI is InChI=1S/C17H14BrN3O/c1-2-20-12-21(16-9-4-3-8-15(16)20)11-17(22)19-14-7-5-6-13(18)10-14/h2-10,12H,1,11H2/p+1. The fourth-order valence-corrected chi connectivity index (χ4v) is 2.79. The summed E-state index contributed by atoms with van der Waals surface area (Å²) in [6.07, 6.45) is 3.60. The number of hydrogen-bond donors (Lipinski definition) is 1. The minimum atomic E-state index is -0.0740. The van der Waals surface area contributed by atoms with Gasteiger partial charge in [0.05, 0.1) is 6.20 Å². The van der Waals surface area contributed by atoms with Crippen LogP contribution in [0.5, 0.6) is 0 Å². The van der Waals surface area contributed by atoms with Crippen molar-refractivity contribution in [1.29, 1.82) is 0 Å². The Hall–Kier alpha value is -2.40. The number of nitrogens with zero attached hydrogens (tertiary/aromatic N) is 2. The molecule has 2 aromatic carbocycles. The van der Waals surface area contributed by atoms with Gasteiger partial charge in [-0.3, -0.25) is 4.79 Å². The lowest BCUT2D eigenvalue weighted by Crippen LogP contribution is -2.39. The van der Waals surface area contributed by atoms with Crippen LogP contribution in [0.15, 0.2) is 65.9 Å². The quantitative estimate of drug-likeness (QED) is 0.714. The van der Waals surface area contributed by atoms with Crippen LogP contribution in [-0.4, -0.2) is 10.5 Å². The van der Waals surface area contributed by atoms with E-state index in [1.165, 1.54) is 0 Å². The summed E-state index contributed by atoms with van der Waals surface area (Å²) in [5.74, 6) is -0.0740. The fraction of sp³-hybridized carbons (Fsp3) is 0.0588. The minimum absolute atomic E-state index is 0.0740. The van der Waals surface area contributed by atoms with Crippen molar-refractivity contribution >= 4 is 44.8 Å². The molecule has 1 N–H and O–H groups in total. The number of hydrogen-bond acceptors (Lipinski definition) is 1. The Morgan fingerprint density at radius 2 is 2.09 bits per heavy atom. The van der Waals surface area contributed by atoms with E-state index in [2.05, 4.69) is 27.8 Å². The summed E-state index contributed by atoms with van der Waals surface area (Å²) < 4.78 is 4.74. The van der Waals surface area contributed by atoms with Gasteiger partial charge in [-0.1, -0.05) is 40.7 Å². The molecule has 0 saturated heterocycles. The van der Waals surface area contributed by atoms with Gasteiger partial charge in [0.15, 0.2) is 17.6 Å². The van der Waals surface area contributed by atoms with Crippen LogP contribution in [0.25, 0.3) is 17.2 Å². The molecule has 0 aliphatic carbocycles. The molecule has 0 aliphatic rings. The number of nitrogens with one attached hydrogen (secondary N) is 1. The monoisotopic (exact) mass is 356 g/mol. The zero-order chi connectivity index (χ0) is 15.5. The summed E-state index contributed by atoms with van der Waals surface area (Å²) in [7, 11) is 0. The zero-order valence-electron chi connectivity index (χ0n) is 11.9. The van der Waals surface area contributed by atoms with Crippen molar-refractivity contribution in [3.63, 3.8) is 0 Å². The number of anilines is 1. The van der Waals surface area contributed by atoms with Crippen molar-refractivity contribution in [2.75, 3.05) is 5.32 Å². The largest absolute Gasteiger partial charge is 0.323 e. The number of halogens is 1. The number of rotatable bonds is 4. The summed E-state index contributed by atoms with van der Waals surface area (Å²) in [4.78, 5) is 12.3. The smallest absolute Gasteiger partial charge is 0.266 e. The zero-order valence-corrected chi connectivity index (χ0v) is 13.5. The number of amides is 1. The molecule has 5 heteroatoms. The summed E-state index contributed by atoms with van der Waals surface area (Å²) in [5, 5.41) is 2.90. The second kappa shape index (κ2) is 6.15. The van der Waals surface area contributed by atoms with Crippen LogP contribution < -0.4 is 9.88 Å². The molecule has 3 rings (SSSR count). The van der Waals surface area contributed by atoms with Crippen LogP contribution >= 0.6 is 15.9 Å². The number of para-hydroxylation sites is 2. The normalized spacial score (nSPS) is 10.6. The highest BCUT2D eigenvalue weighted by atomic mass is 79.9. The maximum Gasteiger partial charge on any atom is 0.266 e. The highest BCUT2D eigenvalue weighted by molar-refractivity contribution is 9.10. The van der Waals surface area contributed by atoms with Crippen molar-refractivity contribution in [2.45, 2.75) is 6.54 Å². The molecule has 110 valence electrons. The summed E-state index contributed by atoms with van der Waals surface area (Å²) >= 11 is 3.39. The first kappa shape index (κ1) is 14.5. The van der Waals surface area contributed by atoms with Gasteiger partial charge in [0, 0.05) is 10.2 Å². The molecule has 0 radical (unpaired) electrons. The SMILES string of the molecule is C=Cn1c[n+](CC(=O)Nc2cccc(Br)c2)c2ccccc21. The van der Waals surface area contributed by atoms with Crippen molar-refractivity contribution in [3.8, 4) is 0 Å². The third-order valence-electron chi connectivity index (χ3n) is 3.35. The van der Waals surface area contributed by atoms with E-state index in [-0.39, 0.29) is 12.5 Å². The summed E-state index contributed by atoms with van der Waals surface area (Å²) in [5.41, 5.74) is 2.78. The third-order valence-corrected chi connectivity index (χ3v) is 3.85. The molecule has 3 aromatic rings. The second-order valence-corrected chi connectivity index (χ2v) is 5.80. The number of benzene rings is 2. The third kappa shape index (κ3) is 2.94. The van der Waals surface area contributed by atoms with Gasteiger partial charge in [0.25, 0.3) is 5.91 Å². The first-order valence-corrected chi connectivity index (χ1v) is 7.63. The van der Waals surface area contributed by atoms with Gasteiger partial charge in [-0.05, 0) is 30.3 Å². The molecule has 0 spiro atoms. The van der Waals surface area contributed by atoms with Crippen LogP contribution in [0.1, 0.15) is 0 Å². The van der Waals surface area contributed by atoms with E-state index in [0.717, 1.165) is 21.2 Å². The lowest BCUT2D eigenvalue weighted by Gasteiger charge is -2.04. The van der Waals surface area contributed by atoms with Gasteiger partial charge in [0.1, 0.15) is 0 Å². The van der Waals surface area contributed by atoms with E-state index < -0.39 is 0 Å². The lowest BCUT2D eigenvalue weighted by molar-refractivity contribution is -0.658. The van der Waals surface area contributed by atoms with Crippen LogP contribution in [0.3, 0.4) is 0 Å². The lowest BCUT2D eigenvalue weighted by atomic mass is 10.3. The highest BCUT2D eigenvalue weighted by Gasteiger charge is 2.16. The maximum absolute atomic E-state index is 12.3.